The molecule has 0 spiro atoms. The predicted octanol–water partition coefficient (Wildman–Crippen LogP) is 3.27. The molecule has 1 fully saturated rings. The summed E-state index contributed by atoms with van der Waals surface area (Å²) in [5.41, 5.74) is 0.435. The monoisotopic (exact) mass is 433 g/mol. The Morgan fingerprint density at radius 1 is 1.10 bits per heavy atom. The molecule has 0 saturated carbocycles. The maximum absolute atomic E-state index is 12.7. The van der Waals surface area contributed by atoms with Crippen LogP contribution in [0.4, 0.5) is 0 Å². The molecule has 2 aromatic rings. The lowest BCUT2D eigenvalue weighted by atomic mass is 10.1. The number of hydrogen-bond donors (Lipinski definition) is 1. The Morgan fingerprint density at radius 3 is 2.33 bits per heavy atom. The van der Waals surface area contributed by atoms with Crippen LogP contribution in [0.1, 0.15) is 55.3 Å². The van der Waals surface area contributed by atoms with Crippen LogP contribution in [0.3, 0.4) is 0 Å². The summed E-state index contributed by atoms with van der Waals surface area (Å²) in [6, 6.07) is 9.92. The van der Waals surface area contributed by atoms with E-state index < -0.39 is 10.0 Å². The van der Waals surface area contributed by atoms with Gasteiger partial charge >= 0.3 is 0 Å². The Balaban J connectivity index is 1.67. The van der Waals surface area contributed by atoms with E-state index in [0.29, 0.717) is 25.2 Å². The number of likely N-dealkylation sites (tertiary alicyclic amines) is 1. The van der Waals surface area contributed by atoms with E-state index in [9.17, 15) is 13.2 Å². The van der Waals surface area contributed by atoms with Gasteiger partial charge in [-0.3, -0.25) is 9.69 Å². The molecular weight excluding hydrogens is 402 g/mol. The molecule has 7 nitrogen and oxygen atoms in total. The smallest absolute Gasteiger partial charge is 0.251 e. The Morgan fingerprint density at radius 2 is 1.77 bits per heavy atom. The summed E-state index contributed by atoms with van der Waals surface area (Å²) in [7, 11) is -3.53. The Hall–Kier alpha value is -2.16. The lowest BCUT2D eigenvalue weighted by Crippen LogP contribution is -2.40. The Labute approximate surface area is 179 Å². The normalized spacial score (nSPS) is 16.5. The van der Waals surface area contributed by atoms with Gasteiger partial charge in [-0.15, -0.1) is 0 Å². The highest BCUT2D eigenvalue weighted by Crippen LogP contribution is 2.24. The van der Waals surface area contributed by atoms with Gasteiger partial charge < -0.3 is 9.73 Å². The lowest BCUT2D eigenvalue weighted by molar-refractivity contribution is 0.0914. The summed E-state index contributed by atoms with van der Waals surface area (Å²) in [6.45, 7) is 6.84. The molecule has 0 bridgehead atoms. The predicted molar refractivity (Wildman–Crippen MR) is 116 cm³/mol. The number of nitrogens with zero attached hydrogens (tertiary/aromatic N) is 2. The van der Waals surface area contributed by atoms with E-state index in [1.54, 1.807) is 32.2 Å². The van der Waals surface area contributed by atoms with Crippen LogP contribution in [0, 0.1) is 0 Å². The van der Waals surface area contributed by atoms with E-state index in [-0.39, 0.29) is 16.8 Å². The first-order valence-electron chi connectivity index (χ1n) is 10.6. The number of rotatable bonds is 9. The fraction of sp³-hybridized carbons (Fsp3) is 0.500. The topological polar surface area (TPSA) is 82.9 Å². The molecule has 1 aromatic heterocycles. The maximum atomic E-state index is 12.7. The number of hydrogen-bond acceptors (Lipinski definition) is 5. The molecule has 2 heterocycles. The van der Waals surface area contributed by atoms with Gasteiger partial charge in [0.05, 0.1) is 17.2 Å². The second-order valence-electron chi connectivity index (χ2n) is 7.45. The van der Waals surface area contributed by atoms with Gasteiger partial charge in [-0.1, -0.05) is 20.3 Å². The van der Waals surface area contributed by atoms with Crippen LogP contribution in [0.25, 0.3) is 0 Å². The molecule has 1 aromatic carbocycles. The van der Waals surface area contributed by atoms with Gasteiger partial charge in [0.2, 0.25) is 10.0 Å². The fourth-order valence-corrected chi connectivity index (χ4v) is 5.36. The Kier molecular flexibility index (Phi) is 7.69. The molecule has 1 saturated heterocycles. The van der Waals surface area contributed by atoms with Gasteiger partial charge in [0.25, 0.3) is 5.91 Å². The third-order valence-corrected chi connectivity index (χ3v) is 7.68. The highest BCUT2D eigenvalue weighted by atomic mass is 32.2. The molecule has 8 heteroatoms. The minimum absolute atomic E-state index is 0.00781. The zero-order valence-corrected chi connectivity index (χ0v) is 18.5. The first kappa shape index (κ1) is 22.5. The summed E-state index contributed by atoms with van der Waals surface area (Å²) >= 11 is 0. The van der Waals surface area contributed by atoms with Gasteiger partial charge in [0.1, 0.15) is 5.76 Å². The quantitative estimate of drug-likeness (QED) is 0.656. The highest BCUT2D eigenvalue weighted by molar-refractivity contribution is 7.89. The molecule has 1 amide bonds. The van der Waals surface area contributed by atoms with E-state index in [1.807, 2.05) is 12.1 Å². The number of carbonyl (C=O) groups excluding carboxylic acids is 1. The van der Waals surface area contributed by atoms with Crippen molar-refractivity contribution in [3.05, 3.63) is 54.0 Å². The first-order chi connectivity index (χ1) is 14.5. The Bertz CT molecular complexity index is 900. The third-order valence-electron chi connectivity index (χ3n) is 5.62. The van der Waals surface area contributed by atoms with Crippen LogP contribution in [0.5, 0.6) is 0 Å². The van der Waals surface area contributed by atoms with Crippen molar-refractivity contribution in [3.63, 3.8) is 0 Å². The molecule has 1 N–H and O–H groups in total. The summed E-state index contributed by atoms with van der Waals surface area (Å²) in [5, 5.41) is 2.99. The van der Waals surface area contributed by atoms with Crippen molar-refractivity contribution in [3.8, 4) is 0 Å². The van der Waals surface area contributed by atoms with Crippen LogP contribution in [0.2, 0.25) is 0 Å². The zero-order chi connectivity index (χ0) is 21.6. The number of benzene rings is 1. The van der Waals surface area contributed by atoms with E-state index >= 15 is 0 Å². The average Bonchev–Trinajstić information content (AvgIpc) is 3.30. The van der Waals surface area contributed by atoms with Crippen LogP contribution in [-0.2, 0) is 10.0 Å². The molecule has 3 rings (SSSR count). The molecule has 164 valence electrons. The highest BCUT2D eigenvalue weighted by Gasteiger charge is 2.25. The maximum Gasteiger partial charge on any atom is 0.251 e. The SMILES string of the molecule is CCN(CC)S(=O)(=O)c1ccc(C(=O)NCC(c2ccco2)N2CCCCC2)cc1. The summed E-state index contributed by atoms with van der Waals surface area (Å²) in [5.74, 6) is 0.619. The van der Waals surface area contributed by atoms with Crippen molar-refractivity contribution in [2.75, 3.05) is 32.7 Å². The van der Waals surface area contributed by atoms with E-state index in [2.05, 4.69) is 10.2 Å². The number of piperidine rings is 1. The van der Waals surface area contributed by atoms with Gasteiger partial charge in [-0.05, 0) is 62.3 Å². The first-order valence-corrected chi connectivity index (χ1v) is 12.1. The number of sulfonamides is 1. The molecule has 0 aliphatic carbocycles. The molecule has 1 aliphatic heterocycles. The second-order valence-corrected chi connectivity index (χ2v) is 9.39. The fourth-order valence-electron chi connectivity index (χ4n) is 3.90. The number of nitrogens with one attached hydrogen (secondary N) is 1. The van der Waals surface area contributed by atoms with E-state index in [0.717, 1.165) is 31.7 Å². The average molecular weight is 434 g/mol. The summed E-state index contributed by atoms with van der Waals surface area (Å²) in [4.78, 5) is 15.2. The van der Waals surface area contributed by atoms with Crippen molar-refractivity contribution in [2.24, 2.45) is 0 Å². The number of amides is 1. The minimum Gasteiger partial charge on any atom is -0.468 e. The van der Waals surface area contributed by atoms with E-state index in [1.165, 1.54) is 22.9 Å². The molecule has 1 aliphatic rings. The van der Waals surface area contributed by atoms with Gasteiger partial charge in [0, 0.05) is 25.2 Å². The van der Waals surface area contributed by atoms with Crippen LogP contribution < -0.4 is 5.32 Å². The standard InChI is InChI=1S/C22H31N3O4S/c1-3-25(4-2)30(27,28)19-12-10-18(11-13-19)22(26)23-17-20(21-9-8-16-29-21)24-14-6-5-7-15-24/h8-13,16,20H,3-7,14-15,17H2,1-2H3,(H,23,26). The molecule has 1 unspecified atom stereocenters. The second kappa shape index (κ2) is 10.2. The van der Waals surface area contributed by atoms with Crippen LogP contribution in [0.15, 0.2) is 52.0 Å². The van der Waals surface area contributed by atoms with Crippen molar-refractivity contribution >= 4 is 15.9 Å². The summed E-state index contributed by atoms with van der Waals surface area (Å²) in [6.07, 6.45) is 5.18. The molecule has 30 heavy (non-hydrogen) atoms. The third kappa shape index (κ3) is 5.11. The molecule has 1 atom stereocenters. The van der Waals surface area contributed by atoms with Crippen molar-refractivity contribution < 1.29 is 17.6 Å². The minimum atomic E-state index is -3.53. The van der Waals surface area contributed by atoms with Crippen molar-refractivity contribution in [1.29, 1.82) is 0 Å². The summed E-state index contributed by atoms with van der Waals surface area (Å²) < 4.78 is 32.2. The van der Waals surface area contributed by atoms with Crippen molar-refractivity contribution in [1.82, 2.24) is 14.5 Å². The van der Waals surface area contributed by atoms with Crippen molar-refractivity contribution in [2.45, 2.75) is 44.0 Å². The van der Waals surface area contributed by atoms with Gasteiger partial charge in [-0.2, -0.15) is 4.31 Å². The van der Waals surface area contributed by atoms with Crippen LogP contribution in [-0.4, -0.2) is 56.3 Å². The van der Waals surface area contributed by atoms with Gasteiger partial charge in [0.15, 0.2) is 0 Å². The zero-order valence-electron chi connectivity index (χ0n) is 17.7. The number of carbonyl (C=O) groups is 1. The number of furan rings is 1. The van der Waals surface area contributed by atoms with E-state index in [4.69, 9.17) is 4.42 Å². The van der Waals surface area contributed by atoms with Gasteiger partial charge in [-0.25, -0.2) is 8.42 Å². The molecular formula is C22H31N3O4S. The largest absolute Gasteiger partial charge is 0.468 e. The van der Waals surface area contributed by atoms with Crippen LogP contribution >= 0.6 is 0 Å². The lowest BCUT2D eigenvalue weighted by Gasteiger charge is -2.33. The molecule has 0 radical (unpaired) electrons.